The maximum absolute atomic E-state index is 3.28. The molecular formula is C9H10N2. The van der Waals surface area contributed by atoms with Gasteiger partial charge >= 0.3 is 0 Å². The van der Waals surface area contributed by atoms with E-state index in [-0.39, 0.29) is 0 Å². The zero-order chi connectivity index (χ0) is 7.52. The average Bonchev–Trinajstić information content (AvgIpc) is 2.28. The molecule has 1 aliphatic rings. The molecule has 0 saturated heterocycles. The topological polar surface area (TPSA) is 24.1 Å². The van der Waals surface area contributed by atoms with Gasteiger partial charge in [0.15, 0.2) is 0 Å². The predicted molar refractivity (Wildman–Crippen MR) is 47.7 cm³/mol. The van der Waals surface area contributed by atoms with Crippen molar-refractivity contribution in [2.24, 2.45) is 0 Å². The van der Waals surface area contributed by atoms with Crippen molar-refractivity contribution in [3.8, 4) is 0 Å². The highest BCUT2D eigenvalue weighted by Crippen LogP contribution is 2.21. The number of fused-ring (bicyclic) bond motifs is 1. The molecule has 2 heteroatoms. The van der Waals surface area contributed by atoms with Crippen LogP contribution < -0.4 is 10.6 Å². The average molecular weight is 146 g/mol. The number of hydrogen-bond donors (Lipinski definition) is 2. The van der Waals surface area contributed by atoms with E-state index in [2.05, 4.69) is 28.8 Å². The van der Waals surface area contributed by atoms with E-state index in [1.165, 1.54) is 0 Å². The summed E-state index contributed by atoms with van der Waals surface area (Å²) in [5.74, 6) is 0. The SMILES string of the molecule is C1=CNc2ccccc2NC1. The molecule has 1 aromatic rings. The molecule has 0 atom stereocenters. The van der Waals surface area contributed by atoms with Crippen molar-refractivity contribution in [3.05, 3.63) is 36.5 Å². The summed E-state index contributed by atoms with van der Waals surface area (Å²) in [4.78, 5) is 0. The molecule has 1 aromatic carbocycles. The van der Waals surface area contributed by atoms with Gasteiger partial charge in [0.25, 0.3) is 0 Å². The van der Waals surface area contributed by atoms with Gasteiger partial charge in [-0.25, -0.2) is 0 Å². The lowest BCUT2D eigenvalue weighted by Gasteiger charge is -2.05. The van der Waals surface area contributed by atoms with Crippen LogP contribution in [0, 0.1) is 0 Å². The number of nitrogens with one attached hydrogen (secondary N) is 2. The first-order valence-corrected chi connectivity index (χ1v) is 3.71. The van der Waals surface area contributed by atoms with Gasteiger partial charge in [0.2, 0.25) is 0 Å². The fraction of sp³-hybridized carbons (Fsp3) is 0.111. The molecule has 1 aliphatic heterocycles. The third kappa shape index (κ3) is 1.19. The van der Waals surface area contributed by atoms with Crippen molar-refractivity contribution in [2.45, 2.75) is 0 Å². The summed E-state index contributed by atoms with van der Waals surface area (Å²) >= 11 is 0. The molecule has 2 nitrogen and oxygen atoms in total. The van der Waals surface area contributed by atoms with Crippen molar-refractivity contribution < 1.29 is 0 Å². The third-order valence-corrected chi connectivity index (χ3v) is 1.69. The van der Waals surface area contributed by atoms with Crippen LogP contribution in [0.15, 0.2) is 36.5 Å². The largest absolute Gasteiger partial charge is 0.380 e. The Morgan fingerprint density at radius 3 is 2.82 bits per heavy atom. The monoisotopic (exact) mass is 146 g/mol. The smallest absolute Gasteiger partial charge is 0.0615 e. The summed E-state index contributed by atoms with van der Waals surface area (Å²) < 4.78 is 0. The van der Waals surface area contributed by atoms with E-state index >= 15 is 0 Å². The van der Waals surface area contributed by atoms with Gasteiger partial charge in [-0.05, 0) is 24.4 Å². The number of anilines is 2. The van der Waals surface area contributed by atoms with Crippen LogP contribution in [-0.4, -0.2) is 6.54 Å². The molecule has 56 valence electrons. The van der Waals surface area contributed by atoms with E-state index in [0.717, 1.165) is 17.9 Å². The minimum atomic E-state index is 0.893. The van der Waals surface area contributed by atoms with Crippen LogP contribution in [0.3, 0.4) is 0 Å². The van der Waals surface area contributed by atoms with Crippen LogP contribution >= 0.6 is 0 Å². The molecule has 0 bridgehead atoms. The van der Waals surface area contributed by atoms with E-state index < -0.39 is 0 Å². The van der Waals surface area contributed by atoms with E-state index in [9.17, 15) is 0 Å². The Hall–Kier alpha value is -1.44. The second-order valence-corrected chi connectivity index (χ2v) is 2.47. The van der Waals surface area contributed by atoms with Crippen LogP contribution in [0.2, 0.25) is 0 Å². The van der Waals surface area contributed by atoms with Gasteiger partial charge in [0.05, 0.1) is 11.4 Å². The predicted octanol–water partition coefficient (Wildman–Crippen LogP) is 2.04. The first kappa shape index (κ1) is 6.28. The summed E-state index contributed by atoms with van der Waals surface area (Å²) in [6.07, 6.45) is 4.01. The minimum Gasteiger partial charge on any atom is -0.380 e. The van der Waals surface area contributed by atoms with E-state index in [1.54, 1.807) is 0 Å². The molecule has 2 N–H and O–H groups in total. The Labute approximate surface area is 65.9 Å². The summed E-state index contributed by atoms with van der Waals surface area (Å²) in [6.45, 7) is 0.893. The van der Waals surface area contributed by atoms with E-state index in [0.29, 0.717) is 0 Å². The maximum atomic E-state index is 3.28. The lowest BCUT2D eigenvalue weighted by Crippen LogP contribution is -1.96. The maximum Gasteiger partial charge on any atom is 0.0615 e. The molecule has 0 unspecified atom stereocenters. The van der Waals surface area contributed by atoms with Gasteiger partial charge in [-0.15, -0.1) is 0 Å². The molecule has 0 radical (unpaired) electrons. The highest BCUT2D eigenvalue weighted by atomic mass is 15.0. The van der Waals surface area contributed by atoms with Crippen molar-refractivity contribution >= 4 is 11.4 Å². The molecule has 0 amide bonds. The molecule has 0 aliphatic carbocycles. The number of para-hydroxylation sites is 2. The third-order valence-electron chi connectivity index (χ3n) is 1.69. The summed E-state index contributed by atoms with van der Waals surface area (Å²) in [5, 5.41) is 6.46. The molecule has 0 aromatic heterocycles. The Bertz CT molecular complexity index is 279. The van der Waals surface area contributed by atoms with Crippen LogP contribution in [0.5, 0.6) is 0 Å². The summed E-state index contributed by atoms with van der Waals surface area (Å²) in [6, 6.07) is 8.17. The van der Waals surface area contributed by atoms with Gasteiger partial charge in [0, 0.05) is 6.54 Å². The fourth-order valence-corrected chi connectivity index (χ4v) is 1.14. The fourth-order valence-electron chi connectivity index (χ4n) is 1.14. The Balaban J connectivity index is 2.40. The van der Waals surface area contributed by atoms with E-state index in [1.807, 2.05) is 18.3 Å². The number of rotatable bonds is 0. The Morgan fingerprint density at radius 1 is 1.09 bits per heavy atom. The Kier molecular flexibility index (Phi) is 1.52. The Morgan fingerprint density at radius 2 is 1.91 bits per heavy atom. The van der Waals surface area contributed by atoms with Gasteiger partial charge in [-0.3, -0.25) is 0 Å². The van der Waals surface area contributed by atoms with E-state index in [4.69, 9.17) is 0 Å². The zero-order valence-corrected chi connectivity index (χ0v) is 6.17. The second-order valence-electron chi connectivity index (χ2n) is 2.47. The second kappa shape index (κ2) is 2.66. The normalized spacial score (nSPS) is 14.2. The minimum absolute atomic E-state index is 0.893. The van der Waals surface area contributed by atoms with Crippen molar-refractivity contribution in [1.29, 1.82) is 0 Å². The van der Waals surface area contributed by atoms with Crippen LogP contribution in [0.1, 0.15) is 0 Å². The standard InChI is InChI=1S/C9H10N2/c1-2-5-9-8(4-1)10-6-3-7-11-9/h1-6,10-11H,7H2. The lowest BCUT2D eigenvalue weighted by atomic mass is 10.2. The van der Waals surface area contributed by atoms with Gasteiger partial charge in [-0.2, -0.15) is 0 Å². The summed E-state index contributed by atoms with van der Waals surface area (Å²) in [5.41, 5.74) is 2.30. The van der Waals surface area contributed by atoms with Crippen LogP contribution in [0.4, 0.5) is 11.4 Å². The first-order valence-electron chi connectivity index (χ1n) is 3.71. The van der Waals surface area contributed by atoms with Crippen LogP contribution in [-0.2, 0) is 0 Å². The molecule has 0 saturated carbocycles. The zero-order valence-electron chi connectivity index (χ0n) is 6.17. The van der Waals surface area contributed by atoms with Crippen molar-refractivity contribution in [3.63, 3.8) is 0 Å². The highest BCUT2D eigenvalue weighted by molar-refractivity contribution is 5.70. The quantitative estimate of drug-likeness (QED) is 0.585. The summed E-state index contributed by atoms with van der Waals surface area (Å²) in [7, 11) is 0. The molecule has 11 heavy (non-hydrogen) atoms. The number of benzene rings is 1. The molecule has 0 spiro atoms. The van der Waals surface area contributed by atoms with Gasteiger partial charge < -0.3 is 10.6 Å². The van der Waals surface area contributed by atoms with Crippen molar-refractivity contribution in [1.82, 2.24) is 0 Å². The van der Waals surface area contributed by atoms with Gasteiger partial charge in [-0.1, -0.05) is 12.1 Å². The molecule has 2 rings (SSSR count). The van der Waals surface area contributed by atoms with Crippen LogP contribution in [0.25, 0.3) is 0 Å². The molecule has 0 fully saturated rings. The first-order chi connectivity index (χ1) is 5.47. The molecular weight excluding hydrogens is 136 g/mol. The molecule has 1 heterocycles. The van der Waals surface area contributed by atoms with Crippen molar-refractivity contribution in [2.75, 3.05) is 17.2 Å². The van der Waals surface area contributed by atoms with Gasteiger partial charge in [0.1, 0.15) is 0 Å². The highest BCUT2D eigenvalue weighted by Gasteiger charge is 1.99. The lowest BCUT2D eigenvalue weighted by molar-refractivity contribution is 1.36. The number of hydrogen-bond acceptors (Lipinski definition) is 2.